The predicted octanol–water partition coefficient (Wildman–Crippen LogP) is 2.02. The van der Waals surface area contributed by atoms with Crippen LogP contribution in [0.2, 0.25) is 0 Å². The van der Waals surface area contributed by atoms with Gasteiger partial charge in [0.15, 0.2) is 0 Å². The second-order valence-corrected chi connectivity index (χ2v) is 7.18. The Morgan fingerprint density at radius 3 is 2.92 bits per heavy atom. The molecule has 0 spiro atoms. The first-order valence-electron chi connectivity index (χ1n) is 9.31. The summed E-state index contributed by atoms with van der Waals surface area (Å²) in [6.07, 6.45) is 8.92. The van der Waals surface area contributed by atoms with Crippen LogP contribution in [0.5, 0.6) is 0 Å². The van der Waals surface area contributed by atoms with Gasteiger partial charge in [-0.15, -0.1) is 0 Å². The van der Waals surface area contributed by atoms with Crippen molar-refractivity contribution in [2.75, 3.05) is 13.2 Å². The highest BCUT2D eigenvalue weighted by Gasteiger charge is 2.32. The molecule has 6 heteroatoms. The maximum absolute atomic E-state index is 11.9. The molecular formula is C18H30N4O2. The summed E-state index contributed by atoms with van der Waals surface area (Å²) in [5.74, 6) is 0.889. The van der Waals surface area contributed by atoms with E-state index in [0.717, 1.165) is 37.7 Å². The molecular weight excluding hydrogens is 304 g/mol. The van der Waals surface area contributed by atoms with Gasteiger partial charge in [-0.2, -0.15) is 5.10 Å². The van der Waals surface area contributed by atoms with Crippen LogP contribution in [0.25, 0.3) is 0 Å². The number of amides is 1. The molecule has 2 N–H and O–H groups in total. The molecule has 6 nitrogen and oxygen atoms in total. The topological polar surface area (TPSA) is 68.2 Å². The highest BCUT2D eigenvalue weighted by Crippen LogP contribution is 2.26. The molecule has 0 saturated carbocycles. The fourth-order valence-corrected chi connectivity index (χ4v) is 3.92. The SMILES string of the molecule is CCn1cc([C@@H]2NC(=O)CC[C@H]2N[C@H](C)CC2CCOCC2)cn1. The Morgan fingerprint density at radius 2 is 2.21 bits per heavy atom. The lowest BCUT2D eigenvalue weighted by Crippen LogP contribution is -2.51. The summed E-state index contributed by atoms with van der Waals surface area (Å²) in [6.45, 7) is 6.98. The zero-order valence-corrected chi connectivity index (χ0v) is 14.8. The van der Waals surface area contributed by atoms with Crippen molar-refractivity contribution < 1.29 is 9.53 Å². The van der Waals surface area contributed by atoms with Crippen LogP contribution in [0.1, 0.15) is 57.6 Å². The van der Waals surface area contributed by atoms with Crippen molar-refractivity contribution in [3.05, 3.63) is 18.0 Å². The van der Waals surface area contributed by atoms with Crippen LogP contribution >= 0.6 is 0 Å². The number of nitrogens with one attached hydrogen (secondary N) is 2. The largest absolute Gasteiger partial charge is 0.381 e. The van der Waals surface area contributed by atoms with Crippen LogP contribution in [0.3, 0.4) is 0 Å². The van der Waals surface area contributed by atoms with E-state index in [0.29, 0.717) is 12.5 Å². The average Bonchev–Trinajstić information content (AvgIpc) is 3.06. The number of piperidine rings is 1. The summed E-state index contributed by atoms with van der Waals surface area (Å²) in [4.78, 5) is 11.9. The van der Waals surface area contributed by atoms with Gasteiger partial charge in [-0.1, -0.05) is 0 Å². The molecule has 2 aliphatic rings. The number of nitrogens with zero attached hydrogens (tertiary/aromatic N) is 2. The van der Waals surface area contributed by atoms with Crippen molar-refractivity contribution >= 4 is 5.91 Å². The lowest BCUT2D eigenvalue weighted by Gasteiger charge is -2.35. The zero-order chi connectivity index (χ0) is 16.9. The maximum atomic E-state index is 11.9. The van der Waals surface area contributed by atoms with Gasteiger partial charge in [-0.05, 0) is 45.4 Å². The first-order valence-corrected chi connectivity index (χ1v) is 9.31. The molecule has 3 rings (SSSR count). The van der Waals surface area contributed by atoms with E-state index in [-0.39, 0.29) is 18.0 Å². The third-order valence-corrected chi connectivity index (χ3v) is 5.26. The minimum atomic E-state index is 0.0173. The minimum absolute atomic E-state index is 0.0173. The number of hydrogen-bond acceptors (Lipinski definition) is 4. The fraction of sp³-hybridized carbons (Fsp3) is 0.778. The summed E-state index contributed by atoms with van der Waals surface area (Å²) in [7, 11) is 0. The molecule has 0 aliphatic carbocycles. The van der Waals surface area contributed by atoms with Crippen LogP contribution in [0.4, 0.5) is 0 Å². The van der Waals surface area contributed by atoms with Gasteiger partial charge in [0.2, 0.25) is 5.91 Å². The maximum Gasteiger partial charge on any atom is 0.220 e. The molecule has 0 bridgehead atoms. The zero-order valence-electron chi connectivity index (χ0n) is 14.8. The Balaban J connectivity index is 1.61. The number of ether oxygens (including phenoxy) is 1. The molecule has 0 radical (unpaired) electrons. The Bertz CT molecular complexity index is 539. The van der Waals surface area contributed by atoms with Crippen molar-refractivity contribution in [2.45, 2.75) is 70.6 Å². The number of aryl methyl sites for hydroxylation is 1. The molecule has 1 aromatic rings. The average molecular weight is 334 g/mol. The van der Waals surface area contributed by atoms with Gasteiger partial charge < -0.3 is 15.4 Å². The number of hydrogen-bond donors (Lipinski definition) is 2. The summed E-state index contributed by atoms with van der Waals surface area (Å²) in [5.41, 5.74) is 1.10. The van der Waals surface area contributed by atoms with Gasteiger partial charge >= 0.3 is 0 Å². The van der Waals surface area contributed by atoms with E-state index >= 15 is 0 Å². The number of carbonyl (C=O) groups excluding carboxylic acids is 1. The first kappa shape index (κ1) is 17.4. The molecule has 2 aliphatic heterocycles. The van der Waals surface area contributed by atoms with Crippen molar-refractivity contribution in [1.82, 2.24) is 20.4 Å². The van der Waals surface area contributed by atoms with Gasteiger partial charge in [-0.3, -0.25) is 9.48 Å². The molecule has 1 aromatic heterocycles. The molecule has 134 valence electrons. The van der Waals surface area contributed by atoms with Crippen molar-refractivity contribution in [1.29, 1.82) is 0 Å². The van der Waals surface area contributed by atoms with E-state index in [9.17, 15) is 4.79 Å². The van der Waals surface area contributed by atoms with E-state index in [1.165, 1.54) is 19.3 Å². The van der Waals surface area contributed by atoms with Crippen LogP contribution in [-0.4, -0.2) is 41.0 Å². The minimum Gasteiger partial charge on any atom is -0.381 e. The lowest BCUT2D eigenvalue weighted by molar-refractivity contribution is -0.124. The van der Waals surface area contributed by atoms with Crippen molar-refractivity contribution in [3.8, 4) is 0 Å². The molecule has 24 heavy (non-hydrogen) atoms. The second kappa shape index (κ2) is 8.12. The highest BCUT2D eigenvalue weighted by atomic mass is 16.5. The summed E-state index contributed by atoms with van der Waals surface area (Å²) in [6, 6.07) is 0.729. The van der Waals surface area contributed by atoms with Crippen LogP contribution in [0.15, 0.2) is 12.4 Å². The van der Waals surface area contributed by atoms with Gasteiger partial charge in [0.25, 0.3) is 0 Å². The Morgan fingerprint density at radius 1 is 1.42 bits per heavy atom. The number of aromatic nitrogens is 2. The van der Waals surface area contributed by atoms with Gasteiger partial charge in [0.1, 0.15) is 0 Å². The number of carbonyl (C=O) groups is 1. The van der Waals surface area contributed by atoms with E-state index in [2.05, 4.69) is 29.6 Å². The third kappa shape index (κ3) is 4.36. The molecule has 2 saturated heterocycles. The Labute approximate surface area is 144 Å². The van der Waals surface area contributed by atoms with E-state index in [1.54, 1.807) is 0 Å². The number of rotatable bonds is 6. The third-order valence-electron chi connectivity index (χ3n) is 5.26. The van der Waals surface area contributed by atoms with Crippen molar-refractivity contribution in [3.63, 3.8) is 0 Å². The molecule has 0 unspecified atom stereocenters. The van der Waals surface area contributed by atoms with E-state index in [1.807, 2.05) is 17.1 Å². The predicted molar refractivity (Wildman–Crippen MR) is 92.6 cm³/mol. The normalized spacial score (nSPS) is 27.0. The Hall–Kier alpha value is -1.40. The van der Waals surface area contributed by atoms with E-state index in [4.69, 9.17) is 4.74 Å². The van der Waals surface area contributed by atoms with Gasteiger partial charge in [-0.25, -0.2) is 0 Å². The van der Waals surface area contributed by atoms with Gasteiger partial charge in [0.05, 0.1) is 12.2 Å². The summed E-state index contributed by atoms with van der Waals surface area (Å²) in [5, 5.41) is 11.3. The smallest absolute Gasteiger partial charge is 0.220 e. The standard InChI is InChI=1S/C18H30N4O2/c1-3-22-12-15(11-19-22)18-16(4-5-17(23)21-18)20-13(2)10-14-6-8-24-9-7-14/h11-14,16,18,20H,3-10H2,1-2H3,(H,21,23)/t13-,16-,18+/m1/s1. The highest BCUT2D eigenvalue weighted by molar-refractivity contribution is 5.77. The molecule has 2 fully saturated rings. The monoisotopic (exact) mass is 334 g/mol. The lowest BCUT2D eigenvalue weighted by atomic mass is 9.90. The quantitative estimate of drug-likeness (QED) is 0.835. The first-order chi connectivity index (χ1) is 11.7. The van der Waals surface area contributed by atoms with E-state index < -0.39 is 0 Å². The second-order valence-electron chi connectivity index (χ2n) is 7.18. The van der Waals surface area contributed by atoms with Gasteiger partial charge in [0, 0.05) is 50.0 Å². The van der Waals surface area contributed by atoms with Crippen LogP contribution in [-0.2, 0) is 16.1 Å². The summed E-state index contributed by atoms with van der Waals surface area (Å²) < 4.78 is 7.37. The van der Waals surface area contributed by atoms with Crippen LogP contribution < -0.4 is 10.6 Å². The summed E-state index contributed by atoms with van der Waals surface area (Å²) >= 11 is 0. The molecule has 0 aromatic carbocycles. The molecule has 3 heterocycles. The Kier molecular flexibility index (Phi) is 5.89. The molecule has 3 atom stereocenters. The van der Waals surface area contributed by atoms with Crippen molar-refractivity contribution in [2.24, 2.45) is 5.92 Å². The fourth-order valence-electron chi connectivity index (χ4n) is 3.92. The van der Waals surface area contributed by atoms with Crippen LogP contribution in [0, 0.1) is 5.92 Å². The molecule has 1 amide bonds.